The standard InChI is InChI=1S/C8H8N2O4/c11-9(12)5-8(6-10(13)14)7-3-1-2-4-7/h1-3,8H,5-6H2. The Bertz CT molecular complexity index is 336. The van der Waals surface area contributed by atoms with Gasteiger partial charge in [0.25, 0.3) is 0 Å². The van der Waals surface area contributed by atoms with Crippen molar-refractivity contribution in [1.29, 1.82) is 0 Å². The summed E-state index contributed by atoms with van der Waals surface area (Å²) in [5.41, 5.74) is 3.27. The van der Waals surface area contributed by atoms with Gasteiger partial charge in [-0.15, -0.1) is 5.73 Å². The minimum absolute atomic E-state index is 0.429. The molecule has 0 saturated carbocycles. The van der Waals surface area contributed by atoms with Crippen molar-refractivity contribution in [1.82, 2.24) is 0 Å². The van der Waals surface area contributed by atoms with Gasteiger partial charge in [-0.25, -0.2) is 0 Å². The van der Waals surface area contributed by atoms with Gasteiger partial charge in [0.2, 0.25) is 13.1 Å². The second-order valence-corrected chi connectivity index (χ2v) is 2.85. The van der Waals surface area contributed by atoms with Crippen LogP contribution in [0.3, 0.4) is 0 Å². The van der Waals surface area contributed by atoms with Gasteiger partial charge in [0.15, 0.2) is 0 Å². The second kappa shape index (κ2) is 4.34. The smallest absolute Gasteiger partial charge is 0.217 e. The predicted octanol–water partition coefficient (Wildman–Crippen LogP) is 0.807. The lowest BCUT2D eigenvalue weighted by Gasteiger charge is -2.05. The third-order valence-corrected chi connectivity index (χ3v) is 1.80. The van der Waals surface area contributed by atoms with Crippen LogP contribution < -0.4 is 0 Å². The van der Waals surface area contributed by atoms with Crippen molar-refractivity contribution < 1.29 is 9.85 Å². The highest BCUT2D eigenvalue weighted by Gasteiger charge is 2.24. The molecule has 0 fully saturated rings. The van der Waals surface area contributed by atoms with Crippen molar-refractivity contribution in [2.75, 3.05) is 13.1 Å². The summed E-state index contributed by atoms with van der Waals surface area (Å²) in [6.07, 6.45) is 4.85. The summed E-state index contributed by atoms with van der Waals surface area (Å²) in [5, 5.41) is 20.5. The van der Waals surface area contributed by atoms with Gasteiger partial charge in [-0.05, 0) is 12.2 Å². The maximum Gasteiger partial charge on any atom is 0.217 e. The van der Waals surface area contributed by atoms with Crippen LogP contribution in [0, 0.1) is 26.1 Å². The molecule has 0 aromatic heterocycles. The minimum Gasteiger partial charge on any atom is -0.265 e. The van der Waals surface area contributed by atoms with Gasteiger partial charge >= 0.3 is 0 Å². The molecule has 0 unspecified atom stereocenters. The van der Waals surface area contributed by atoms with E-state index in [2.05, 4.69) is 5.73 Å². The first kappa shape index (κ1) is 10.1. The molecule has 0 aromatic carbocycles. The SMILES string of the molecule is O=[N+]([O-])CC(C[N+](=O)[O-])C1=C=CC=C1. The van der Waals surface area contributed by atoms with Gasteiger partial charge in [-0.3, -0.25) is 20.2 Å². The molecule has 0 aliphatic heterocycles. The first-order chi connectivity index (χ1) is 6.59. The van der Waals surface area contributed by atoms with E-state index in [9.17, 15) is 20.2 Å². The quantitative estimate of drug-likeness (QED) is 0.370. The Labute approximate surface area is 79.5 Å². The van der Waals surface area contributed by atoms with Crippen molar-refractivity contribution in [3.05, 3.63) is 49.8 Å². The Balaban J connectivity index is 2.71. The van der Waals surface area contributed by atoms with Gasteiger partial charge in [-0.1, -0.05) is 6.08 Å². The molecule has 0 saturated heterocycles. The zero-order valence-electron chi connectivity index (χ0n) is 7.25. The number of nitro groups is 2. The van der Waals surface area contributed by atoms with E-state index in [4.69, 9.17) is 0 Å². The van der Waals surface area contributed by atoms with Crippen LogP contribution in [-0.2, 0) is 0 Å². The van der Waals surface area contributed by atoms with Crippen molar-refractivity contribution in [3.63, 3.8) is 0 Å². The molecule has 1 aliphatic rings. The molecule has 0 heterocycles. The normalized spacial score (nSPS) is 13.4. The van der Waals surface area contributed by atoms with Gasteiger partial charge < -0.3 is 0 Å². The van der Waals surface area contributed by atoms with Crippen LogP contribution in [0.4, 0.5) is 0 Å². The van der Waals surface area contributed by atoms with Crippen LogP contribution in [0.25, 0.3) is 0 Å². The molecule has 14 heavy (non-hydrogen) atoms. The average molecular weight is 196 g/mol. The van der Waals surface area contributed by atoms with Gasteiger partial charge in [0.1, 0.15) is 5.92 Å². The van der Waals surface area contributed by atoms with E-state index in [0.717, 1.165) is 0 Å². The predicted molar refractivity (Wildman–Crippen MR) is 47.9 cm³/mol. The van der Waals surface area contributed by atoms with Crippen LogP contribution in [0.2, 0.25) is 0 Å². The van der Waals surface area contributed by atoms with Crippen LogP contribution >= 0.6 is 0 Å². The molecule has 0 spiro atoms. The number of rotatable bonds is 5. The molecule has 0 bridgehead atoms. The highest BCUT2D eigenvalue weighted by molar-refractivity contribution is 5.31. The Morgan fingerprint density at radius 2 is 1.86 bits per heavy atom. The third kappa shape index (κ3) is 2.84. The van der Waals surface area contributed by atoms with E-state index in [-0.39, 0.29) is 0 Å². The Morgan fingerprint density at radius 1 is 1.29 bits per heavy atom. The molecule has 0 amide bonds. The van der Waals surface area contributed by atoms with Crippen LogP contribution in [0.15, 0.2) is 29.5 Å². The summed E-state index contributed by atoms with van der Waals surface area (Å²) in [5.74, 6) is -0.685. The second-order valence-electron chi connectivity index (χ2n) is 2.85. The fraction of sp³-hybridized carbons (Fsp3) is 0.375. The molecular weight excluding hydrogens is 188 g/mol. The zero-order chi connectivity index (χ0) is 10.6. The topological polar surface area (TPSA) is 86.3 Å². The van der Waals surface area contributed by atoms with E-state index in [1.165, 1.54) is 0 Å². The van der Waals surface area contributed by atoms with E-state index in [1.807, 2.05) is 0 Å². The number of nitrogens with zero attached hydrogens (tertiary/aromatic N) is 2. The highest BCUT2D eigenvalue weighted by atomic mass is 16.6. The largest absolute Gasteiger partial charge is 0.265 e. The van der Waals surface area contributed by atoms with E-state index in [1.54, 1.807) is 18.2 Å². The Kier molecular flexibility index (Phi) is 3.14. The summed E-state index contributed by atoms with van der Waals surface area (Å²) in [6.45, 7) is -0.858. The average Bonchev–Trinajstić information content (AvgIpc) is 2.52. The van der Waals surface area contributed by atoms with Crippen LogP contribution in [-0.4, -0.2) is 22.9 Å². The van der Waals surface area contributed by atoms with Crippen molar-refractivity contribution in [3.8, 4) is 0 Å². The maximum absolute atomic E-state index is 10.3. The third-order valence-electron chi connectivity index (χ3n) is 1.80. The molecule has 1 rings (SSSR count). The number of hydrogen-bond acceptors (Lipinski definition) is 4. The summed E-state index contributed by atoms with van der Waals surface area (Å²) < 4.78 is 0. The fourth-order valence-electron chi connectivity index (χ4n) is 1.21. The molecule has 6 heteroatoms. The summed E-state index contributed by atoms with van der Waals surface area (Å²) in [6, 6.07) is 0. The number of allylic oxidation sites excluding steroid dienone is 2. The monoisotopic (exact) mass is 196 g/mol. The highest BCUT2D eigenvalue weighted by Crippen LogP contribution is 2.15. The molecule has 0 atom stereocenters. The molecule has 0 radical (unpaired) electrons. The van der Waals surface area contributed by atoms with Gasteiger partial charge in [-0.2, -0.15) is 0 Å². The summed E-state index contributed by atoms with van der Waals surface area (Å²) in [4.78, 5) is 19.4. The van der Waals surface area contributed by atoms with E-state index >= 15 is 0 Å². The zero-order valence-corrected chi connectivity index (χ0v) is 7.25. The Hall–Kier alpha value is -1.94. The molecular formula is C8H8N2O4. The molecule has 74 valence electrons. The Morgan fingerprint density at radius 3 is 2.21 bits per heavy atom. The lowest BCUT2D eigenvalue weighted by Crippen LogP contribution is -2.23. The maximum atomic E-state index is 10.3. The van der Waals surface area contributed by atoms with E-state index in [0.29, 0.717) is 5.57 Å². The molecule has 0 aromatic rings. The summed E-state index contributed by atoms with van der Waals surface area (Å²) >= 11 is 0. The lowest BCUT2D eigenvalue weighted by atomic mass is 10.0. The van der Waals surface area contributed by atoms with Crippen molar-refractivity contribution >= 4 is 0 Å². The lowest BCUT2D eigenvalue weighted by molar-refractivity contribution is -0.520. The van der Waals surface area contributed by atoms with Gasteiger partial charge in [0.05, 0.1) is 0 Å². The first-order valence-corrected chi connectivity index (χ1v) is 3.96. The van der Waals surface area contributed by atoms with Gasteiger partial charge in [0, 0.05) is 15.4 Å². The minimum atomic E-state index is -0.685. The fourth-order valence-corrected chi connectivity index (χ4v) is 1.21. The molecule has 1 aliphatic carbocycles. The van der Waals surface area contributed by atoms with Crippen molar-refractivity contribution in [2.24, 2.45) is 5.92 Å². The van der Waals surface area contributed by atoms with Crippen LogP contribution in [0.1, 0.15) is 0 Å². The molecule has 6 nitrogen and oxygen atoms in total. The summed E-state index contributed by atoms with van der Waals surface area (Å²) in [7, 11) is 0. The van der Waals surface area contributed by atoms with E-state index < -0.39 is 28.9 Å². The first-order valence-electron chi connectivity index (χ1n) is 3.96. The van der Waals surface area contributed by atoms with Crippen LogP contribution in [0.5, 0.6) is 0 Å². The molecule has 0 N–H and O–H groups in total. The number of hydrogen-bond donors (Lipinski definition) is 0. The van der Waals surface area contributed by atoms with Crippen molar-refractivity contribution in [2.45, 2.75) is 0 Å².